The minimum absolute atomic E-state index is 0.572. The van der Waals surface area contributed by atoms with E-state index in [4.69, 9.17) is 9.47 Å². The van der Waals surface area contributed by atoms with Crippen molar-refractivity contribution in [1.82, 2.24) is 19.7 Å². The van der Waals surface area contributed by atoms with E-state index in [0.717, 1.165) is 33.8 Å². The number of hydrogen-bond acceptors (Lipinski definition) is 6. The second-order valence-electron chi connectivity index (χ2n) is 5.31. The number of ether oxygens (including phenoxy) is 2. The zero-order valence-corrected chi connectivity index (χ0v) is 15.4. The molecule has 2 heterocycles. The number of methoxy groups -OCH3 is 1. The quantitative estimate of drug-likeness (QED) is 0.326. The molecule has 3 rings (SSSR count). The van der Waals surface area contributed by atoms with Gasteiger partial charge in [-0.15, -0.1) is 16.8 Å². The first-order valence-corrected chi connectivity index (χ1v) is 9.14. The van der Waals surface area contributed by atoms with E-state index >= 15 is 0 Å². The molecule has 0 aliphatic rings. The average molecular weight is 368 g/mol. The summed E-state index contributed by atoms with van der Waals surface area (Å²) >= 11 is 1.61. The van der Waals surface area contributed by atoms with Crippen LogP contribution in [0.3, 0.4) is 0 Å². The minimum atomic E-state index is 0.572. The average Bonchev–Trinajstić information content (AvgIpc) is 3.09. The number of nitrogens with zero attached hydrogens (tertiary/aromatic N) is 4. The number of allylic oxidation sites excluding steroid dienone is 1. The molecule has 0 aliphatic heterocycles. The number of hydrogen-bond donors (Lipinski definition) is 0. The fourth-order valence-electron chi connectivity index (χ4n) is 2.37. The van der Waals surface area contributed by atoms with Gasteiger partial charge in [0.1, 0.15) is 11.5 Å². The highest BCUT2D eigenvalue weighted by Gasteiger charge is 2.13. The predicted molar refractivity (Wildman–Crippen MR) is 103 cm³/mol. The van der Waals surface area contributed by atoms with Gasteiger partial charge in [0.15, 0.2) is 11.0 Å². The van der Waals surface area contributed by atoms with Gasteiger partial charge in [0.25, 0.3) is 0 Å². The first-order valence-electron chi connectivity index (χ1n) is 8.16. The van der Waals surface area contributed by atoms with E-state index in [1.807, 2.05) is 47.0 Å². The smallest absolute Gasteiger partial charge is 0.191 e. The van der Waals surface area contributed by atoms with Crippen molar-refractivity contribution < 1.29 is 9.47 Å². The Kier molecular flexibility index (Phi) is 6.27. The summed E-state index contributed by atoms with van der Waals surface area (Å²) in [4.78, 5) is 4.05. The molecule has 0 unspecified atom stereocenters. The van der Waals surface area contributed by atoms with Crippen molar-refractivity contribution >= 4 is 11.8 Å². The number of benzene rings is 1. The Labute approximate surface area is 156 Å². The van der Waals surface area contributed by atoms with E-state index in [1.54, 1.807) is 31.3 Å². The van der Waals surface area contributed by atoms with Crippen LogP contribution in [0, 0.1) is 0 Å². The van der Waals surface area contributed by atoms with Gasteiger partial charge in [-0.05, 0) is 36.4 Å². The van der Waals surface area contributed by atoms with Crippen LogP contribution >= 0.6 is 11.8 Å². The lowest BCUT2D eigenvalue weighted by atomic mass is 10.2. The highest BCUT2D eigenvalue weighted by atomic mass is 32.2. The summed E-state index contributed by atoms with van der Waals surface area (Å²) in [7, 11) is 1.64. The fraction of sp³-hybridized carbons (Fsp3) is 0.211. The van der Waals surface area contributed by atoms with Gasteiger partial charge in [-0.2, -0.15) is 0 Å². The zero-order valence-electron chi connectivity index (χ0n) is 14.5. The van der Waals surface area contributed by atoms with Gasteiger partial charge >= 0.3 is 0 Å². The third-order valence-corrected chi connectivity index (χ3v) is 4.54. The Hall–Kier alpha value is -2.80. The molecular formula is C19H20N4O2S. The van der Waals surface area contributed by atoms with Gasteiger partial charge in [0.2, 0.25) is 0 Å². The largest absolute Gasteiger partial charge is 0.497 e. The summed E-state index contributed by atoms with van der Waals surface area (Å²) in [6.07, 6.45) is 5.33. The molecule has 0 N–H and O–H groups in total. The van der Waals surface area contributed by atoms with Crippen LogP contribution in [0.2, 0.25) is 0 Å². The second-order valence-corrected chi connectivity index (χ2v) is 6.38. The van der Waals surface area contributed by atoms with Gasteiger partial charge in [-0.1, -0.05) is 17.8 Å². The van der Waals surface area contributed by atoms with Crippen LogP contribution in [0.15, 0.2) is 66.6 Å². The lowest BCUT2D eigenvalue weighted by Gasteiger charge is -2.09. The molecule has 26 heavy (non-hydrogen) atoms. The van der Waals surface area contributed by atoms with Crippen LogP contribution in [-0.2, 0) is 6.54 Å². The highest BCUT2D eigenvalue weighted by molar-refractivity contribution is 7.99. The van der Waals surface area contributed by atoms with E-state index in [-0.39, 0.29) is 0 Å². The molecule has 0 aliphatic carbocycles. The molecule has 0 fully saturated rings. The first-order chi connectivity index (χ1) is 12.8. The SMILES string of the molecule is C=CCn1c(SCCOc2ccc(OC)cc2)nnc1-c1ccncc1. The topological polar surface area (TPSA) is 62.1 Å². The molecule has 1 aromatic carbocycles. The van der Waals surface area contributed by atoms with Crippen molar-refractivity contribution in [1.29, 1.82) is 0 Å². The van der Waals surface area contributed by atoms with Crippen LogP contribution in [0.1, 0.15) is 0 Å². The van der Waals surface area contributed by atoms with Gasteiger partial charge < -0.3 is 9.47 Å². The highest BCUT2D eigenvalue weighted by Crippen LogP contribution is 2.24. The third-order valence-electron chi connectivity index (χ3n) is 3.61. The Morgan fingerprint density at radius 3 is 2.50 bits per heavy atom. The monoisotopic (exact) mass is 368 g/mol. The summed E-state index contributed by atoms with van der Waals surface area (Å²) < 4.78 is 12.9. The summed E-state index contributed by atoms with van der Waals surface area (Å²) in [5.74, 6) is 3.20. The van der Waals surface area contributed by atoms with E-state index < -0.39 is 0 Å². The van der Waals surface area contributed by atoms with E-state index in [9.17, 15) is 0 Å². The number of aromatic nitrogens is 4. The molecule has 0 saturated carbocycles. The third kappa shape index (κ3) is 4.43. The lowest BCUT2D eigenvalue weighted by molar-refractivity contribution is 0.342. The molecule has 3 aromatic rings. The first kappa shape index (κ1) is 18.0. The molecule has 6 nitrogen and oxygen atoms in total. The normalized spacial score (nSPS) is 10.5. The Balaban J connectivity index is 1.60. The van der Waals surface area contributed by atoms with Crippen molar-refractivity contribution in [3.63, 3.8) is 0 Å². The van der Waals surface area contributed by atoms with Crippen LogP contribution < -0.4 is 9.47 Å². The molecule has 7 heteroatoms. The van der Waals surface area contributed by atoms with Crippen LogP contribution in [0.25, 0.3) is 11.4 Å². The van der Waals surface area contributed by atoms with Crippen molar-refractivity contribution in [3.8, 4) is 22.9 Å². The Bertz CT molecular complexity index is 835. The molecule has 0 amide bonds. The van der Waals surface area contributed by atoms with E-state index in [0.29, 0.717) is 13.2 Å². The maximum Gasteiger partial charge on any atom is 0.191 e. The fourth-order valence-corrected chi connectivity index (χ4v) is 3.13. The van der Waals surface area contributed by atoms with Crippen LogP contribution in [-0.4, -0.2) is 39.2 Å². The van der Waals surface area contributed by atoms with Crippen LogP contribution in [0.5, 0.6) is 11.5 Å². The summed E-state index contributed by atoms with van der Waals surface area (Å²) in [6, 6.07) is 11.4. The maximum atomic E-state index is 5.76. The van der Waals surface area contributed by atoms with Gasteiger partial charge in [0, 0.05) is 30.3 Å². The standard InChI is InChI=1S/C19H20N4O2S/c1-3-12-23-18(15-8-10-20-11-9-15)21-22-19(23)26-14-13-25-17-6-4-16(24-2)5-7-17/h3-11H,1,12-14H2,2H3. The van der Waals surface area contributed by atoms with Gasteiger partial charge in [-0.25, -0.2) is 0 Å². The van der Waals surface area contributed by atoms with Crippen molar-refractivity contribution in [2.24, 2.45) is 0 Å². The van der Waals surface area contributed by atoms with Crippen LogP contribution in [0.4, 0.5) is 0 Å². The molecule has 134 valence electrons. The lowest BCUT2D eigenvalue weighted by Crippen LogP contribution is -2.04. The van der Waals surface area contributed by atoms with Crippen molar-refractivity contribution in [3.05, 3.63) is 61.4 Å². The molecule has 2 aromatic heterocycles. The van der Waals surface area contributed by atoms with Gasteiger partial charge in [0.05, 0.1) is 13.7 Å². The summed E-state index contributed by atoms with van der Waals surface area (Å²) in [5.41, 5.74) is 0.982. The second kappa shape index (κ2) is 9.05. The molecule has 0 bridgehead atoms. The predicted octanol–water partition coefficient (Wildman–Crippen LogP) is 3.71. The summed E-state index contributed by atoms with van der Waals surface area (Å²) in [5, 5.41) is 9.48. The molecule has 0 radical (unpaired) electrons. The number of rotatable bonds is 9. The van der Waals surface area contributed by atoms with E-state index in [2.05, 4.69) is 21.8 Å². The van der Waals surface area contributed by atoms with Gasteiger partial charge in [-0.3, -0.25) is 9.55 Å². The number of thioether (sulfide) groups is 1. The number of pyridine rings is 1. The van der Waals surface area contributed by atoms with Crippen molar-refractivity contribution in [2.75, 3.05) is 19.5 Å². The Morgan fingerprint density at radius 1 is 1.08 bits per heavy atom. The molecule has 0 saturated heterocycles. The molecule has 0 atom stereocenters. The minimum Gasteiger partial charge on any atom is -0.497 e. The molecule has 0 spiro atoms. The Morgan fingerprint density at radius 2 is 1.81 bits per heavy atom. The van der Waals surface area contributed by atoms with E-state index in [1.165, 1.54) is 0 Å². The zero-order chi connectivity index (χ0) is 18.2. The molecular weight excluding hydrogens is 348 g/mol. The maximum absolute atomic E-state index is 5.76. The summed E-state index contributed by atoms with van der Waals surface area (Å²) in [6.45, 7) is 5.05. The van der Waals surface area contributed by atoms with Crippen molar-refractivity contribution in [2.45, 2.75) is 11.7 Å².